The predicted molar refractivity (Wildman–Crippen MR) is 60.2 cm³/mol. The fourth-order valence-corrected chi connectivity index (χ4v) is 1.01. The summed E-state index contributed by atoms with van der Waals surface area (Å²) in [6, 6.07) is 0. The number of hydrogen-bond donors (Lipinski definition) is 0. The van der Waals surface area contributed by atoms with Crippen LogP contribution < -0.4 is 0 Å². The molecular formula is C11H11N3O7. The van der Waals surface area contributed by atoms with E-state index in [1.165, 1.54) is 18.8 Å². The van der Waals surface area contributed by atoms with Crippen molar-refractivity contribution in [3.05, 3.63) is 0 Å². The van der Waals surface area contributed by atoms with Gasteiger partial charge in [-0.3, -0.25) is 4.79 Å². The van der Waals surface area contributed by atoms with Gasteiger partial charge in [-0.2, -0.15) is 15.8 Å². The number of ether oxygens (including phenoxy) is 5. The first kappa shape index (κ1) is 17.8. The first-order valence-corrected chi connectivity index (χ1v) is 5.54. The highest BCUT2D eigenvalue weighted by atomic mass is 16.6. The summed E-state index contributed by atoms with van der Waals surface area (Å²) in [4.78, 5) is 22.8. The van der Waals surface area contributed by atoms with Crippen molar-refractivity contribution in [1.82, 2.24) is 0 Å². The highest BCUT2D eigenvalue weighted by Gasteiger charge is 2.26. The van der Waals surface area contributed by atoms with Crippen LogP contribution in [0.1, 0.15) is 6.42 Å². The third-order valence-electron chi connectivity index (χ3n) is 1.82. The molecular weight excluding hydrogens is 286 g/mol. The average molecular weight is 297 g/mol. The first-order valence-electron chi connectivity index (χ1n) is 5.54. The number of hydrogen-bond acceptors (Lipinski definition) is 10. The standard InChI is InChI=1S/C11H11N3O7/c12-6-17-1-3-19-10(15)5-9(21-8-14)11(16)20-4-2-18-7-13/h9H,1-5H2. The lowest BCUT2D eigenvalue weighted by atomic mass is 10.2. The lowest BCUT2D eigenvalue weighted by Gasteiger charge is -2.12. The molecule has 0 aromatic carbocycles. The van der Waals surface area contributed by atoms with E-state index in [0.29, 0.717) is 0 Å². The Morgan fingerprint density at radius 2 is 1.43 bits per heavy atom. The van der Waals surface area contributed by atoms with Crippen LogP contribution in [-0.2, 0) is 33.3 Å². The van der Waals surface area contributed by atoms with Gasteiger partial charge in [0, 0.05) is 0 Å². The molecule has 0 aliphatic carbocycles. The van der Waals surface area contributed by atoms with Crippen molar-refractivity contribution in [2.45, 2.75) is 12.5 Å². The van der Waals surface area contributed by atoms with Crippen LogP contribution in [-0.4, -0.2) is 44.5 Å². The maximum absolute atomic E-state index is 11.5. The van der Waals surface area contributed by atoms with Crippen LogP contribution >= 0.6 is 0 Å². The minimum atomic E-state index is -1.46. The molecule has 112 valence electrons. The Balaban J connectivity index is 4.13. The summed E-state index contributed by atoms with van der Waals surface area (Å²) < 4.78 is 22.2. The summed E-state index contributed by atoms with van der Waals surface area (Å²) in [7, 11) is 0. The number of esters is 2. The van der Waals surface area contributed by atoms with E-state index in [2.05, 4.69) is 23.7 Å². The van der Waals surface area contributed by atoms with Crippen LogP contribution in [0.2, 0.25) is 0 Å². The summed E-state index contributed by atoms with van der Waals surface area (Å²) in [6.45, 7) is -0.696. The van der Waals surface area contributed by atoms with E-state index < -0.39 is 24.5 Å². The SMILES string of the molecule is N#COCCOC(=O)CC(OC#N)C(=O)OCCOC#N. The second-order valence-electron chi connectivity index (χ2n) is 3.17. The Hall–Kier alpha value is -3.19. The maximum Gasteiger partial charge on any atom is 0.349 e. The van der Waals surface area contributed by atoms with Gasteiger partial charge in [-0.1, -0.05) is 0 Å². The molecule has 0 N–H and O–H groups in total. The van der Waals surface area contributed by atoms with Gasteiger partial charge in [0.05, 0.1) is 6.42 Å². The van der Waals surface area contributed by atoms with Crippen molar-refractivity contribution < 1.29 is 33.3 Å². The molecule has 0 aromatic rings. The summed E-state index contributed by atoms with van der Waals surface area (Å²) in [5.74, 6) is -1.80. The third-order valence-corrected chi connectivity index (χ3v) is 1.82. The van der Waals surface area contributed by atoms with E-state index in [9.17, 15) is 9.59 Å². The molecule has 0 bridgehead atoms. The molecule has 10 nitrogen and oxygen atoms in total. The molecule has 0 aromatic heterocycles. The highest BCUT2D eigenvalue weighted by Crippen LogP contribution is 2.03. The fourth-order valence-electron chi connectivity index (χ4n) is 1.01. The molecule has 0 rings (SSSR count). The molecule has 0 saturated carbocycles. The average Bonchev–Trinajstić information content (AvgIpc) is 2.47. The van der Waals surface area contributed by atoms with E-state index in [0.717, 1.165) is 0 Å². The Morgan fingerprint density at radius 1 is 0.857 bits per heavy atom. The van der Waals surface area contributed by atoms with Crippen LogP contribution in [0, 0.1) is 34.6 Å². The quantitative estimate of drug-likeness (QED) is 0.288. The van der Waals surface area contributed by atoms with Gasteiger partial charge in [-0.05, 0) is 0 Å². The van der Waals surface area contributed by atoms with E-state index in [4.69, 9.17) is 15.8 Å². The molecule has 10 heteroatoms. The van der Waals surface area contributed by atoms with Crippen LogP contribution in [0.5, 0.6) is 0 Å². The van der Waals surface area contributed by atoms with Crippen molar-refractivity contribution in [3.63, 3.8) is 0 Å². The Bertz CT molecular complexity index is 460. The minimum absolute atomic E-state index is 0.123. The van der Waals surface area contributed by atoms with Crippen LogP contribution in [0.3, 0.4) is 0 Å². The number of nitrogens with zero attached hydrogens (tertiary/aromatic N) is 3. The largest absolute Gasteiger partial charge is 0.462 e. The topological polar surface area (TPSA) is 152 Å². The molecule has 21 heavy (non-hydrogen) atoms. The minimum Gasteiger partial charge on any atom is -0.462 e. The van der Waals surface area contributed by atoms with Crippen LogP contribution in [0.4, 0.5) is 0 Å². The van der Waals surface area contributed by atoms with E-state index >= 15 is 0 Å². The Labute approximate surface area is 119 Å². The second kappa shape index (κ2) is 11.9. The van der Waals surface area contributed by atoms with Crippen molar-refractivity contribution >= 4 is 11.9 Å². The molecule has 1 atom stereocenters. The molecule has 0 aliphatic heterocycles. The fraction of sp³-hybridized carbons (Fsp3) is 0.545. The van der Waals surface area contributed by atoms with Gasteiger partial charge in [0.1, 0.15) is 26.4 Å². The molecule has 0 amide bonds. The van der Waals surface area contributed by atoms with E-state index in [-0.39, 0.29) is 26.4 Å². The summed E-state index contributed by atoms with van der Waals surface area (Å²) in [5.41, 5.74) is 0. The zero-order valence-electron chi connectivity index (χ0n) is 10.8. The first-order chi connectivity index (χ1) is 10.2. The van der Waals surface area contributed by atoms with Gasteiger partial charge in [-0.15, -0.1) is 0 Å². The van der Waals surface area contributed by atoms with Gasteiger partial charge in [0.25, 0.3) is 18.8 Å². The molecule has 1 unspecified atom stereocenters. The Morgan fingerprint density at radius 3 is 1.95 bits per heavy atom. The van der Waals surface area contributed by atoms with E-state index in [1.807, 2.05) is 0 Å². The van der Waals surface area contributed by atoms with Crippen molar-refractivity contribution in [3.8, 4) is 18.8 Å². The van der Waals surface area contributed by atoms with Gasteiger partial charge < -0.3 is 23.7 Å². The lowest BCUT2D eigenvalue weighted by molar-refractivity contribution is -0.160. The zero-order chi connectivity index (χ0) is 15.9. The third kappa shape index (κ3) is 9.40. The number of rotatable bonds is 10. The van der Waals surface area contributed by atoms with Gasteiger partial charge in [0.15, 0.2) is 0 Å². The monoisotopic (exact) mass is 297 g/mol. The van der Waals surface area contributed by atoms with Gasteiger partial charge in [0.2, 0.25) is 6.10 Å². The smallest absolute Gasteiger partial charge is 0.349 e. The normalized spacial score (nSPS) is 9.95. The lowest BCUT2D eigenvalue weighted by Crippen LogP contribution is -2.30. The second-order valence-corrected chi connectivity index (χ2v) is 3.17. The van der Waals surface area contributed by atoms with Gasteiger partial charge in [-0.25, -0.2) is 4.79 Å². The van der Waals surface area contributed by atoms with Crippen molar-refractivity contribution in [2.75, 3.05) is 26.4 Å². The summed E-state index contributed by atoms with van der Waals surface area (Å²) in [5, 5.41) is 24.6. The molecule has 0 saturated heterocycles. The number of carbonyl (C=O) groups excluding carboxylic acids is 2. The van der Waals surface area contributed by atoms with Gasteiger partial charge >= 0.3 is 11.9 Å². The number of nitriles is 3. The van der Waals surface area contributed by atoms with Crippen molar-refractivity contribution in [2.24, 2.45) is 0 Å². The summed E-state index contributed by atoms with van der Waals surface area (Å²) in [6.07, 6.45) is 2.04. The van der Waals surface area contributed by atoms with E-state index in [1.54, 1.807) is 0 Å². The number of carbonyl (C=O) groups is 2. The predicted octanol–water partition coefficient (Wildman–Crippen LogP) is -0.675. The highest BCUT2D eigenvalue weighted by molar-refractivity contribution is 5.81. The molecule has 0 fully saturated rings. The Kier molecular flexibility index (Phi) is 10.1. The van der Waals surface area contributed by atoms with Crippen molar-refractivity contribution in [1.29, 1.82) is 15.8 Å². The zero-order valence-corrected chi connectivity index (χ0v) is 10.8. The molecule has 0 spiro atoms. The molecule has 0 radical (unpaired) electrons. The van der Waals surface area contributed by atoms with Crippen LogP contribution in [0.15, 0.2) is 0 Å². The maximum atomic E-state index is 11.5. The molecule has 0 aliphatic rings. The molecule has 0 heterocycles. The van der Waals surface area contributed by atoms with Crippen LogP contribution in [0.25, 0.3) is 0 Å². The summed E-state index contributed by atoms with van der Waals surface area (Å²) >= 11 is 0.